The molecule has 0 atom stereocenters. The van der Waals surface area contributed by atoms with Crippen molar-refractivity contribution < 1.29 is 4.79 Å². The van der Waals surface area contributed by atoms with Crippen LogP contribution in [-0.4, -0.2) is 16.8 Å². The van der Waals surface area contributed by atoms with E-state index in [0.29, 0.717) is 24.2 Å². The molecule has 108 valence electrons. The zero-order valence-corrected chi connectivity index (χ0v) is 12.5. The van der Waals surface area contributed by atoms with Gasteiger partial charge in [-0.1, -0.05) is 0 Å². The molecule has 0 bridgehead atoms. The molecule has 1 aromatic heterocycles. The third kappa shape index (κ3) is 3.09. The Morgan fingerprint density at radius 3 is 2.80 bits per heavy atom. The predicted octanol–water partition coefficient (Wildman–Crippen LogP) is 2.98. The molecule has 0 saturated heterocycles. The van der Waals surface area contributed by atoms with Gasteiger partial charge >= 0.3 is 0 Å². The first-order chi connectivity index (χ1) is 9.59. The lowest BCUT2D eigenvalue weighted by molar-refractivity contribution is -0.120. The third-order valence-corrected chi connectivity index (χ3v) is 4.32. The van der Waals surface area contributed by atoms with Gasteiger partial charge in [0, 0.05) is 24.6 Å². The summed E-state index contributed by atoms with van der Waals surface area (Å²) in [7, 11) is 0. The van der Waals surface area contributed by atoms with Crippen molar-refractivity contribution in [1.82, 2.24) is 10.3 Å². The molecule has 0 radical (unpaired) electrons. The topological polar surface area (TPSA) is 42.0 Å². The Balaban J connectivity index is 1.65. The maximum absolute atomic E-state index is 11.8. The van der Waals surface area contributed by atoms with E-state index in [9.17, 15) is 4.79 Å². The molecule has 20 heavy (non-hydrogen) atoms. The molecule has 2 saturated carbocycles. The highest BCUT2D eigenvalue weighted by Crippen LogP contribution is 2.45. The summed E-state index contributed by atoms with van der Waals surface area (Å²) in [6, 6.07) is 4.72. The van der Waals surface area contributed by atoms with Crippen LogP contribution in [0.3, 0.4) is 0 Å². The second-order valence-corrected chi connectivity index (χ2v) is 6.67. The van der Waals surface area contributed by atoms with Gasteiger partial charge in [-0.05, 0) is 63.6 Å². The van der Waals surface area contributed by atoms with E-state index in [0.717, 1.165) is 25.0 Å². The zero-order chi connectivity index (χ0) is 14.2. The van der Waals surface area contributed by atoms with Crippen LogP contribution in [0.2, 0.25) is 0 Å². The van der Waals surface area contributed by atoms with Gasteiger partial charge in [0.1, 0.15) is 5.78 Å². The first-order valence-corrected chi connectivity index (χ1v) is 7.85. The van der Waals surface area contributed by atoms with Crippen LogP contribution in [-0.2, 0) is 16.8 Å². The number of carbonyl (C=O) groups excluding carboxylic acids is 1. The van der Waals surface area contributed by atoms with Crippen LogP contribution in [0.25, 0.3) is 0 Å². The standard InChI is InChI=1S/C17H24N2O/c1-12(2)19-17(8-9-17)16-11-13(7-10-18-16)3-6-15(20)14-4-5-14/h7,10-12,14,19H,3-6,8-9H2,1-2H3. The number of carbonyl (C=O) groups is 1. The second-order valence-electron chi connectivity index (χ2n) is 6.67. The molecule has 1 N–H and O–H groups in total. The number of nitrogens with zero attached hydrogens (tertiary/aromatic N) is 1. The van der Waals surface area contributed by atoms with Crippen molar-refractivity contribution in [2.24, 2.45) is 5.92 Å². The van der Waals surface area contributed by atoms with E-state index in [1.165, 1.54) is 18.4 Å². The average Bonchev–Trinajstić information content (AvgIpc) is 3.29. The minimum Gasteiger partial charge on any atom is -0.304 e. The van der Waals surface area contributed by atoms with Crippen LogP contribution in [0.15, 0.2) is 18.3 Å². The molecule has 2 aliphatic carbocycles. The number of nitrogens with one attached hydrogen (secondary N) is 1. The van der Waals surface area contributed by atoms with Crippen molar-refractivity contribution in [3.63, 3.8) is 0 Å². The van der Waals surface area contributed by atoms with E-state index in [1.54, 1.807) is 0 Å². The van der Waals surface area contributed by atoms with Crippen LogP contribution < -0.4 is 5.32 Å². The van der Waals surface area contributed by atoms with Gasteiger partial charge in [-0.15, -0.1) is 0 Å². The van der Waals surface area contributed by atoms with Crippen molar-refractivity contribution in [1.29, 1.82) is 0 Å². The van der Waals surface area contributed by atoms with Gasteiger partial charge in [-0.2, -0.15) is 0 Å². The van der Waals surface area contributed by atoms with Crippen molar-refractivity contribution in [2.75, 3.05) is 0 Å². The molecule has 3 rings (SSSR count). The Morgan fingerprint density at radius 2 is 2.20 bits per heavy atom. The van der Waals surface area contributed by atoms with Crippen LogP contribution in [0, 0.1) is 5.92 Å². The number of rotatable bonds is 7. The fourth-order valence-corrected chi connectivity index (χ4v) is 2.92. The lowest BCUT2D eigenvalue weighted by Crippen LogP contribution is -2.35. The molecule has 3 nitrogen and oxygen atoms in total. The third-order valence-electron chi connectivity index (χ3n) is 4.32. The van der Waals surface area contributed by atoms with Gasteiger partial charge in [0.2, 0.25) is 0 Å². The molecule has 0 amide bonds. The summed E-state index contributed by atoms with van der Waals surface area (Å²) < 4.78 is 0. The lowest BCUT2D eigenvalue weighted by Gasteiger charge is -2.20. The number of aromatic nitrogens is 1. The normalized spacial score (nSPS) is 20.1. The van der Waals surface area contributed by atoms with Crippen molar-refractivity contribution >= 4 is 5.78 Å². The number of pyridine rings is 1. The maximum Gasteiger partial charge on any atom is 0.136 e. The molecular formula is C17H24N2O. The molecule has 3 heteroatoms. The number of ketones is 1. The zero-order valence-electron chi connectivity index (χ0n) is 12.5. The first-order valence-electron chi connectivity index (χ1n) is 7.85. The predicted molar refractivity (Wildman–Crippen MR) is 79.5 cm³/mol. The number of Topliss-reactive ketones (excluding diaryl/α,β-unsaturated/α-hetero) is 1. The first kappa shape index (κ1) is 13.7. The molecule has 1 heterocycles. The van der Waals surface area contributed by atoms with E-state index < -0.39 is 0 Å². The van der Waals surface area contributed by atoms with E-state index in [-0.39, 0.29) is 5.54 Å². The van der Waals surface area contributed by atoms with E-state index in [2.05, 4.69) is 36.3 Å². The monoisotopic (exact) mass is 272 g/mol. The second kappa shape index (κ2) is 5.28. The number of aryl methyl sites for hydroxylation is 1. The largest absolute Gasteiger partial charge is 0.304 e. The molecule has 0 aromatic carbocycles. The molecule has 2 fully saturated rings. The maximum atomic E-state index is 11.8. The summed E-state index contributed by atoms with van der Waals surface area (Å²) in [5, 5.41) is 3.64. The molecule has 1 aromatic rings. The summed E-state index contributed by atoms with van der Waals surface area (Å²) in [6.07, 6.45) is 8.02. The van der Waals surface area contributed by atoms with E-state index >= 15 is 0 Å². The highest BCUT2D eigenvalue weighted by Gasteiger charge is 2.45. The van der Waals surface area contributed by atoms with Gasteiger partial charge in [0.05, 0.1) is 11.2 Å². The van der Waals surface area contributed by atoms with Crippen LogP contribution >= 0.6 is 0 Å². The lowest BCUT2D eigenvalue weighted by atomic mass is 10.0. The van der Waals surface area contributed by atoms with Crippen LogP contribution in [0.5, 0.6) is 0 Å². The van der Waals surface area contributed by atoms with E-state index in [4.69, 9.17) is 0 Å². The van der Waals surface area contributed by atoms with Crippen LogP contribution in [0.4, 0.5) is 0 Å². The van der Waals surface area contributed by atoms with Gasteiger partial charge in [0.25, 0.3) is 0 Å². The summed E-state index contributed by atoms with van der Waals surface area (Å²) in [4.78, 5) is 16.3. The number of hydrogen-bond donors (Lipinski definition) is 1. The molecule has 0 spiro atoms. The van der Waals surface area contributed by atoms with Gasteiger partial charge < -0.3 is 5.32 Å². The van der Waals surface area contributed by atoms with Crippen LogP contribution in [0.1, 0.15) is 57.2 Å². The van der Waals surface area contributed by atoms with E-state index in [1.807, 2.05) is 6.20 Å². The summed E-state index contributed by atoms with van der Waals surface area (Å²) >= 11 is 0. The minimum atomic E-state index is 0.102. The summed E-state index contributed by atoms with van der Waals surface area (Å²) in [6.45, 7) is 4.36. The quantitative estimate of drug-likeness (QED) is 0.829. The average molecular weight is 272 g/mol. The molecular weight excluding hydrogens is 248 g/mol. The Bertz CT molecular complexity index is 501. The minimum absolute atomic E-state index is 0.102. The Labute approximate surface area is 121 Å². The Kier molecular flexibility index (Phi) is 3.63. The Hall–Kier alpha value is -1.22. The van der Waals surface area contributed by atoms with Crippen molar-refractivity contribution in [2.45, 2.75) is 64.0 Å². The fourth-order valence-electron chi connectivity index (χ4n) is 2.92. The summed E-state index contributed by atoms with van der Waals surface area (Å²) in [5.41, 5.74) is 2.51. The SMILES string of the molecule is CC(C)NC1(c2cc(CCC(=O)C3CC3)ccn2)CC1. The molecule has 0 unspecified atom stereocenters. The number of hydrogen-bond acceptors (Lipinski definition) is 3. The fraction of sp³-hybridized carbons (Fsp3) is 0.647. The Morgan fingerprint density at radius 1 is 1.45 bits per heavy atom. The van der Waals surface area contributed by atoms with Crippen molar-refractivity contribution in [3.8, 4) is 0 Å². The van der Waals surface area contributed by atoms with Crippen molar-refractivity contribution in [3.05, 3.63) is 29.6 Å². The van der Waals surface area contributed by atoms with Gasteiger partial charge in [-0.25, -0.2) is 0 Å². The summed E-state index contributed by atoms with van der Waals surface area (Å²) in [5.74, 6) is 0.832. The highest BCUT2D eigenvalue weighted by atomic mass is 16.1. The molecule has 0 aliphatic heterocycles. The smallest absolute Gasteiger partial charge is 0.136 e. The highest BCUT2D eigenvalue weighted by molar-refractivity contribution is 5.83. The van der Waals surface area contributed by atoms with Gasteiger partial charge in [0.15, 0.2) is 0 Å². The van der Waals surface area contributed by atoms with Gasteiger partial charge in [-0.3, -0.25) is 9.78 Å². The molecule has 2 aliphatic rings.